The van der Waals surface area contributed by atoms with Gasteiger partial charge in [-0.2, -0.15) is 0 Å². The third kappa shape index (κ3) is 1.91. The van der Waals surface area contributed by atoms with E-state index < -0.39 is 0 Å². The fourth-order valence-electron chi connectivity index (χ4n) is 6.64. The second kappa shape index (κ2) is 4.94. The summed E-state index contributed by atoms with van der Waals surface area (Å²) in [5, 5.41) is 10.6. The summed E-state index contributed by atoms with van der Waals surface area (Å²) in [5.41, 5.74) is 1.70. The van der Waals surface area contributed by atoms with E-state index >= 15 is 0 Å². The van der Waals surface area contributed by atoms with Crippen molar-refractivity contribution in [1.29, 1.82) is 0 Å². The van der Waals surface area contributed by atoms with E-state index in [1.807, 2.05) is 6.08 Å². The number of carbonyl (C=O) groups excluding carboxylic acids is 1. The Labute approximate surface area is 128 Å². The largest absolute Gasteiger partial charge is 0.393 e. The van der Waals surface area contributed by atoms with Crippen LogP contribution in [0, 0.1) is 29.1 Å². The molecule has 0 unspecified atom stereocenters. The van der Waals surface area contributed by atoms with E-state index in [9.17, 15) is 9.90 Å². The number of ketones is 1. The molecule has 3 fully saturated rings. The second-order valence-corrected chi connectivity index (χ2v) is 8.02. The third-order valence-corrected chi connectivity index (χ3v) is 7.63. The highest BCUT2D eigenvalue weighted by atomic mass is 16.3. The average Bonchev–Trinajstić information content (AvgIpc) is 2.84. The van der Waals surface area contributed by atoms with Crippen LogP contribution in [-0.4, -0.2) is 17.0 Å². The molecule has 0 aliphatic heterocycles. The van der Waals surface area contributed by atoms with Crippen molar-refractivity contribution in [1.82, 2.24) is 0 Å². The molecular weight excluding hydrogens is 260 g/mol. The van der Waals surface area contributed by atoms with Crippen molar-refractivity contribution in [3.8, 4) is 0 Å². The highest BCUT2D eigenvalue weighted by Crippen LogP contribution is 2.62. The Hall–Kier alpha value is -0.630. The third-order valence-electron chi connectivity index (χ3n) is 7.63. The van der Waals surface area contributed by atoms with Crippen molar-refractivity contribution in [2.75, 3.05) is 0 Å². The van der Waals surface area contributed by atoms with Crippen LogP contribution < -0.4 is 0 Å². The van der Waals surface area contributed by atoms with Gasteiger partial charge in [0, 0.05) is 6.42 Å². The van der Waals surface area contributed by atoms with Gasteiger partial charge in [0.05, 0.1) is 6.10 Å². The van der Waals surface area contributed by atoms with Crippen molar-refractivity contribution in [2.45, 2.75) is 70.8 Å². The summed E-state index contributed by atoms with van der Waals surface area (Å²) in [7, 11) is 0. The Bertz CT molecular complexity index is 480. The number of fused-ring (bicyclic) bond motifs is 5. The molecule has 2 nitrogen and oxygen atoms in total. The van der Waals surface area contributed by atoms with Crippen molar-refractivity contribution in [2.24, 2.45) is 29.1 Å². The second-order valence-electron chi connectivity index (χ2n) is 8.02. The molecule has 2 heteroatoms. The molecule has 4 aliphatic rings. The van der Waals surface area contributed by atoms with Crippen LogP contribution in [0.2, 0.25) is 0 Å². The standard InChI is InChI=1S/C19H28O2/c1-2-19-10-9-15-14-6-4-13(20)11-12(14)3-5-16(15)17(19)7-8-18(19)21/h11,14-18,21H,2-10H2,1H3/t14-,15-,16+,17+,18-,19-/m0/s1. The van der Waals surface area contributed by atoms with Crippen LogP contribution in [0.15, 0.2) is 11.6 Å². The summed E-state index contributed by atoms with van der Waals surface area (Å²) in [6, 6.07) is 0. The molecule has 0 aromatic heterocycles. The maximum absolute atomic E-state index is 11.7. The summed E-state index contributed by atoms with van der Waals surface area (Å²) in [4.78, 5) is 11.7. The van der Waals surface area contributed by atoms with E-state index in [4.69, 9.17) is 0 Å². The number of hydrogen-bond donors (Lipinski definition) is 1. The van der Waals surface area contributed by atoms with E-state index in [-0.39, 0.29) is 11.5 Å². The molecule has 21 heavy (non-hydrogen) atoms. The SMILES string of the molecule is CC[C@]12CC[C@@H]3[C@@H](CCC4=CC(=O)CC[C@@H]43)[C@H]1CC[C@@H]2O. The molecule has 3 saturated carbocycles. The van der Waals surface area contributed by atoms with Gasteiger partial charge >= 0.3 is 0 Å². The highest BCUT2D eigenvalue weighted by Gasteiger charge is 2.57. The molecule has 0 spiro atoms. The van der Waals surface area contributed by atoms with E-state index in [2.05, 4.69) is 6.92 Å². The molecule has 0 radical (unpaired) electrons. The van der Waals surface area contributed by atoms with Crippen LogP contribution >= 0.6 is 0 Å². The Morgan fingerprint density at radius 2 is 2.00 bits per heavy atom. The van der Waals surface area contributed by atoms with Crippen LogP contribution in [0.4, 0.5) is 0 Å². The molecule has 0 aromatic rings. The van der Waals surface area contributed by atoms with E-state index in [0.29, 0.717) is 11.7 Å². The summed E-state index contributed by atoms with van der Waals surface area (Å²) in [6.45, 7) is 2.29. The van der Waals surface area contributed by atoms with Gasteiger partial charge in [0.15, 0.2) is 5.78 Å². The highest BCUT2D eigenvalue weighted by molar-refractivity contribution is 5.91. The molecule has 1 N–H and O–H groups in total. The first kappa shape index (κ1) is 14.0. The zero-order chi connectivity index (χ0) is 14.6. The minimum absolute atomic E-state index is 0.0571. The quantitative estimate of drug-likeness (QED) is 0.795. The van der Waals surface area contributed by atoms with Crippen molar-refractivity contribution in [3.63, 3.8) is 0 Å². The number of aliphatic hydroxyl groups is 1. The minimum atomic E-state index is -0.0571. The lowest BCUT2D eigenvalue weighted by molar-refractivity contribution is -0.116. The number of aliphatic hydroxyl groups excluding tert-OH is 1. The molecule has 0 aromatic carbocycles. The van der Waals surface area contributed by atoms with E-state index in [0.717, 1.165) is 49.9 Å². The monoisotopic (exact) mass is 288 g/mol. The first-order valence-electron chi connectivity index (χ1n) is 9.07. The van der Waals surface area contributed by atoms with Crippen molar-refractivity contribution < 1.29 is 9.90 Å². The molecular formula is C19H28O2. The Kier molecular flexibility index (Phi) is 3.29. The number of hydrogen-bond acceptors (Lipinski definition) is 2. The molecule has 4 aliphatic carbocycles. The Morgan fingerprint density at radius 3 is 2.81 bits per heavy atom. The maximum atomic E-state index is 11.7. The predicted octanol–water partition coefficient (Wildman–Crippen LogP) is 3.88. The molecule has 0 amide bonds. The Morgan fingerprint density at radius 1 is 1.14 bits per heavy atom. The molecule has 0 bridgehead atoms. The number of carbonyl (C=O) groups is 1. The van der Waals surface area contributed by atoms with E-state index in [1.165, 1.54) is 31.3 Å². The van der Waals surface area contributed by atoms with E-state index in [1.54, 1.807) is 0 Å². The fourth-order valence-corrected chi connectivity index (χ4v) is 6.64. The molecule has 116 valence electrons. The zero-order valence-electron chi connectivity index (χ0n) is 13.2. The minimum Gasteiger partial charge on any atom is -0.393 e. The van der Waals surface area contributed by atoms with Gasteiger partial charge < -0.3 is 5.11 Å². The smallest absolute Gasteiger partial charge is 0.155 e. The molecule has 4 rings (SSSR count). The summed E-state index contributed by atoms with van der Waals surface area (Å²) < 4.78 is 0. The molecule has 0 saturated heterocycles. The fraction of sp³-hybridized carbons (Fsp3) is 0.842. The number of rotatable bonds is 1. The lowest BCUT2D eigenvalue weighted by Gasteiger charge is -2.54. The van der Waals surface area contributed by atoms with Crippen LogP contribution in [0.3, 0.4) is 0 Å². The topological polar surface area (TPSA) is 37.3 Å². The van der Waals surface area contributed by atoms with Gasteiger partial charge in [0.1, 0.15) is 0 Å². The van der Waals surface area contributed by atoms with Gasteiger partial charge in [-0.25, -0.2) is 0 Å². The zero-order valence-corrected chi connectivity index (χ0v) is 13.2. The summed E-state index contributed by atoms with van der Waals surface area (Å²) in [6.07, 6.45) is 12.1. The normalized spacial score (nSPS) is 49.1. The molecule has 6 atom stereocenters. The lowest BCUT2D eigenvalue weighted by Crippen LogP contribution is -2.48. The van der Waals surface area contributed by atoms with Crippen molar-refractivity contribution in [3.05, 3.63) is 11.6 Å². The summed E-state index contributed by atoms with van der Waals surface area (Å²) >= 11 is 0. The summed E-state index contributed by atoms with van der Waals surface area (Å²) in [5.74, 6) is 3.40. The van der Waals surface area contributed by atoms with Gasteiger partial charge in [0.25, 0.3) is 0 Å². The van der Waals surface area contributed by atoms with Crippen LogP contribution in [0.25, 0.3) is 0 Å². The molecule has 0 heterocycles. The van der Waals surface area contributed by atoms with Gasteiger partial charge in [-0.1, -0.05) is 12.5 Å². The lowest BCUT2D eigenvalue weighted by atomic mass is 9.51. The van der Waals surface area contributed by atoms with Crippen LogP contribution in [0.5, 0.6) is 0 Å². The van der Waals surface area contributed by atoms with Gasteiger partial charge in [-0.15, -0.1) is 0 Å². The average molecular weight is 288 g/mol. The van der Waals surface area contributed by atoms with Gasteiger partial charge in [0.2, 0.25) is 0 Å². The number of allylic oxidation sites excluding steroid dienone is 1. The van der Waals surface area contributed by atoms with Crippen molar-refractivity contribution >= 4 is 5.78 Å². The predicted molar refractivity (Wildman–Crippen MR) is 82.7 cm³/mol. The maximum Gasteiger partial charge on any atom is 0.155 e. The first-order valence-corrected chi connectivity index (χ1v) is 9.07. The van der Waals surface area contributed by atoms with Gasteiger partial charge in [-0.05, 0) is 86.5 Å². The van der Waals surface area contributed by atoms with Gasteiger partial charge in [-0.3, -0.25) is 4.79 Å². The first-order chi connectivity index (χ1) is 10.2. The van der Waals surface area contributed by atoms with Crippen LogP contribution in [0.1, 0.15) is 64.7 Å². The van der Waals surface area contributed by atoms with Crippen LogP contribution in [-0.2, 0) is 4.79 Å². The Balaban J connectivity index is 1.64.